The predicted molar refractivity (Wildman–Crippen MR) is 85.5 cm³/mol. The summed E-state index contributed by atoms with van der Waals surface area (Å²) < 4.78 is 0. The summed E-state index contributed by atoms with van der Waals surface area (Å²) in [5.74, 6) is 2.23. The zero-order chi connectivity index (χ0) is 15.8. The SMILES string of the molecule is O=C(CCc1nc2ncccc2[nH]1)NC1C2CCC(C2)C1CO. The van der Waals surface area contributed by atoms with Gasteiger partial charge in [-0.05, 0) is 43.2 Å². The van der Waals surface area contributed by atoms with Gasteiger partial charge in [-0.2, -0.15) is 0 Å². The number of hydrogen-bond donors (Lipinski definition) is 3. The van der Waals surface area contributed by atoms with Crippen LogP contribution >= 0.6 is 0 Å². The molecule has 2 fully saturated rings. The van der Waals surface area contributed by atoms with Crippen molar-refractivity contribution in [2.24, 2.45) is 17.8 Å². The number of aliphatic hydroxyl groups is 1. The summed E-state index contributed by atoms with van der Waals surface area (Å²) in [6, 6.07) is 3.95. The normalized spacial score (nSPS) is 29.3. The van der Waals surface area contributed by atoms with Crippen LogP contribution in [-0.4, -0.2) is 38.6 Å². The highest BCUT2D eigenvalue weighted by atomic mass is 16.3. The van der Waals surface area contributed by atoms with E-state index in [1.54, 1.807) is 6.20 Å². The van der Waals surface area contributed by atoms with E-state index in [1.165, 1.54) is 12.8 Å². The lowest BCUT2D eigenvalue weighted by atomic mass is 9.85. The number of aryl methyl sites for hydroxylation is 1. The first-order valence-corrected chi connectivity index (χ1v) is 8.44. The number of aromatic amines is 1. The lowest BCUT2D eigenvalue weighted by Crippen LogP contribution is -2.45. The second-order valence-corrected chi connectivity index (χ2v) is 6.83. The third kappa shape index (κ3) is 2.72. The fourth-order valence-corrected chi connectivity index (χ4v) is 4.40. The van der Waals surface area contributed by atoms with E-state index in [1.807, 2.05) is 12.1 Å². The Hall–Kier alpha value is -1.95. The molecule has 23 heavy (non-hydrogen) atoms. The smallest absolute Gasteiger partial charge is 0.220 e. The van der Waals surface area contributed by atoms with Crippen molar-refractivity contribution in [3.05, 3.63) is 24.2 Å². The Kier molecular flexibility index (Phi) is 3.77. The van der Waals surface area contributed by atoms with E-state index in [2.05, 4.69) is 20.3 Å². The molecule has 4 unspecified atom stereocenters. The number of fused-ring (bicyclic) bond motifs is 3. The Morgan fingerprint density at radius 1 is 1.39 bits per heavy atom. The van der Waals surface area contributed by atoms with E-state index in [4.69, 9.17) is 0 Å². The minimum atomic E-state index is 0.0504. The molecule has 2 aliphatic rings. The number of nitrogens with one attached hydrogen (secondary N) is 2. The minimum absolute atomic E-state index is 0.0504. The number of aromatic nitrogens is 3. The van der Waals surface area contributed by atoms with Gasteiger partial charge in [0.2, 0.25) is 5.91 Å². The van der Waals surface area contributed by atoms with Crippen molar-refractivity contribution in [1.82, 2.24) is 20.3 Å². The average Bonchev–Trinajstić information content (AvgIpc) is 3.26. The molecule has 2 saturated carbocycles. The van der Waals surface area contributed by atoms with Gasteiger partial charge in [0.15, 0.2) is 5.65 Å². The summed E-state index contributed by atoms with van der Waals surface area (Å²) in [7, 11) is 0. The quantitative estimate of drug-likeness (QED) is 0.778. The van der Waals surface area contributed by atoms with E-state index in [0.717, 1.165) is 17.8 Å². The predicted octanol–water partition coefficient (Wildman–Crippen LogP) is 1.41. The number of pyridine rings is 1. The summed E-state index contributed by atoms with van der Waals surface area (Å²) in [6.07, 6.45) is 6.24. The zero-order valence-electron chi connectivity index (χ0n) is 13.0. The summed E-state index contributed by atoms with van der Waals surface area (Å²) in [4.78, 5) is 24.1. The van der Waals surface area contributed by atoms with Crippen molar-refractivity contribution in [3.63, 3.8) is 0 Å². The molecule has 4 rings (SSSR count). The number of amides is 1. The van der Waals surface area contributed by atoms with Gasteiger partial charge in [-0.25, -0.2) is 9.97 Å². The Bertz CT molecular complexity index is 680. The van der Waals surface area contributed by atoms with E-state index in [0.29, 0.717) is 30.3 Å². The number of carbonyl (C=O) groups is 1. The van der Waals surface area contributed by atoms with Gasteiger partial charge in [0, 0.05) is 37.6 Å². The molecule has 0 radical (unpaired) electrons. The van der Waals surface area contributed by atoms with Crippen LogP contribution in [0.5, 0.6) is 0 Å². The van der Waals surface area contributed by atoms with Crippen LogP contribution in [0.4, 0.5) is 0 Å². The first-order chi connectivity index (χ1) is 11.2. The molecule has 2 aliphatic carbocycles. The molecule has 2 heterocycles. The molecule has 122 valence electrons. The van der Waals surface area contributed by atoms with Gasteiger partial charge in [-0.3, -0.25) is 4.79 Å². The molecule has 2 bridgehead atoms. The Balaban J connectivity index is 1.35. The molecule has 6 nitrogen and oxygen atoms in total. The van der Waals surface area contributed by atoms with Gasteiger partial charge >= 0.3 is 0 Å². The lowest BCUT2D eigenvalue weighted by Gasteiger charge is -2.30. The van der Waals surface area contributed by atoms with Gasteiger partial charge in [0.05, 0.1) is 5.52 Å². The van der Waals surface area contributed by atoms with Crippen molar-refractivity contribution in [2.45, 2.75) is 38.1 Å². The fourth-order valence-electron chi connectivity index (χ4n) is 4.40. The number of H-pyrrole nitrogens is 1. The molecule has 2 aromatic rings. The highest BCUT2D eigenvalue weighted by molar-refractivity contribution is 5.77. The second kappa shape index (κ2) is 5.92. The van der Waals surface area contributed by atoms with Crippen LogP contribution < -0.4 is 5.32 Å². The van der Waals surface area contributed by atoms with E-state index >= 15 is 0 Å². The summed E-state index contributed by atoms with van der Waals surface area (Å²) in [5.41, 5.74) is 1.59. The van der Waals surface area contributed by atoms with Gasteiger partial charge in [0.25, 0.3) is 0 Å². The van der Waals surface area contributed by atoms with Crippen molar-refractivity contribution in [1.29, 1.82) is 0 Å². The molecule has 2 aromatic heterocycles. The molecule has 0 aliphatic heterocycles. The van der Waals surface area contributed by atoms with Crippen molar-refractivity contribution < 1.29 is 9.90 Å². The van der Waals surface area contributed by atoms with Crippen molar-refractivity contribution in [3.8, 4) is 0 Å². The molecule has 6 heteroatoms. The Labute approximate surface area is 134 Å². The first-order valence-electron chi connectivity index (χ1n) is 8.44. The van der Waals surface area contributed by atoms with Crippen LogP contribution in [0.1, 0.15) is 31.5 Å². The molecule has 4 atom stereocenters. The number of nitrogens with zero attached hydrogens (tertiary/aromatic N) is 2. The Morgan fingerprint density at radius 2 is 2.26 bits per heavy atom. The maximum absolute atomic E-state index is 12.3. The minimum Gasteiger partial charge on any atom is -0.396 e. The van der Waals surface area contributed by atoms with Crippen LogP contribution in [0.15, 0.2) is 18.3 Å². The monoisotopic (exact) mass is 314 g/mol. The summed E-state index contributed by atoms with van der Waals surface area (Å²) >= 11 is 0. The fraction of sp³-hybridized carbons (Fsp3) is 0.588. The van der Waals surface area contributed by atoms with E-state index in [9.17, 15) is 9.90 Å². The van der Waals surface area contributed by atoms with Gasteiger partial charge < -0.3 is 15.4 Å². The van der Waals surface area contributed by atoms with E-state index < -0.39 is 0 Å². The first kappa shape index (κ1) is 14.6. The highest BCUT2D eigenvalue weighted by Crippen LogP contribution is 2.48. The third-order valence-electron chi connectivity index (χ3n) is 5.52. The van der Waals surface area contributed by atoms with Crippen LogP contribution in [0, 0.1) is 17.8 Å². The molecular formula is C17H22N4O2. The van der Waals surface area contributed by atoms with Gasteiger partial charge in [0.1, 0.15) is 5.82 Å². The summed E-state index contributed by atoms with van der Waals surface area (Å²) in [5, 5.41) is 12.7. The maximum Gasteiger partial charge on any atom is 0.220 e. The standard InChI is InChI=1S/C17H22N4O2/c22-9-12-10-3-4-11(8-10)16(12)21-15(23)6-5-14-19-13-2-1-7-18-17(13)20-14/h1-2,7,10-12,16,22H,3-6,8-9H2,(H,21,23)(H,18,19,20). The largest absolute Gasteiger partial charge is 0.396 e. The molecule has 0 aromatic carbocycles. The highest BCUT2D eigenvalue weighted by Gasteiger charge is 2.47. The summed E-state index contributed by atoms with van der Waals surface area (Å²) in [6.45, 7) is 0.182. The molecule has 0 spiro atoms. The van der Waals surface area contributed by atoms with Crippen molar-refractivity contribution in [2.75, 3.05) is 6.61 Å². The third-order valence-corrected chi connectivity index (χ3v) is 5.52. The number of hydrogen-bond acceptors (Lipinski definition) is 4. The molecule has 1 amide bonds. The van der Waals surface area contributed by atoms with Crippen LogP contribution in [-0.2, 0) is 11.2 Å². The average molecular weight is 314 g/mol. The molecule has 3 N–H and O–H groups in total. The van der Waals surface area contributed by atoms with Gasteiger partial charge in [-0.1, -0.05) is 0 Å². The van der Waals surface area contributed by atoms with Crippen molar-refractivity contribution >= 4 is 17.1 Å². The van der Waals surface area contributed by atoms with Crippen LogP contribution in [0.3, 0.4) is 0 Å². The van der Waals surface area contributed by atoms with Crippen LogP contribution in [0.25, 0.3) is 11.2 Å². The van der Waals surface area contributed by atoms with Crippen LogP contribution in [0.2, 0.25) is 0 Å². The number of rotatable bonds is 5. The molecule has 0 saturated heterocycles. The number of carbonyl (C=O) groups excluding carboxylic acids is 1. The van der Waals surface area contributed by atoms with Gasteiger partial charge in [-0.15, -0.1) is 0 Å². The molecular weight excluding hydrogens is 292 g/mol. The lowest BCUT2D eigenvalue weighted by molar-refractivity contribution is -0.122. The maximum atomic E-state index is 12.3. The zero-order valence-corrected chi connectivity index (χ0v) is 13.0. The number of imidazole rings is 1. The topological polar surface area (TPSA) is 90.9 Å². The Morgan fingerprint density at radius 3 is 3.09 bits per heavy atom. The number of aliphatic hydroxyl groups excluding tert-OH is 1. The second-order valence-electron chi connectivity index (χ2n) is 6.83. The van der Waals surface area contributed by atoms with E-state index in [-0.39, 0.29) is 24.5 Å².